The minimum Gasteiger partial charge on any atom is -0.462 e. The van der Waals surface area contributed by atoms with Gasteiger partial charge in [0.25, 0.3) is 0 Å². The van der Waals surface area contributed by atoms with Crippen LogP contribution in [-0.2, 0) is 65.4 Å². The van der Waals surface area contributed by atoms with Crippen LogP contribution in [0.5, 0.6) is 0 Å². The van der Waals surface area contributed by atoms with Gasteiger partial charge in [0.2, 0.25) is 0 Å². The van der Waals surface area contributed by atoms with E-state index >= 15 is 0 Å². The Labute approximate surface area is 581 Å². The summed E-state index contributed by atoms with van der Waals surface area (Å²) in [5.41, 5.74) is 0. The molecule has 0 fully saturated rings. The molecule has 0 aromatic carbocycles. The molecule has 564 valence electrons. The number of phosphoric acid groups is 2. The zero-order valence-corrected chi connectivity index (χ0v) is 63.6. The number of aliphatic hydroxyl groups is 1. The number of carbonyl (C=O) groups is 4. The molecule has 0 rings (SSSR count). The van der Waals surface area contributed by atoms with Crippen molar-refractivity contribution in [2.24, 2.45) is 5.92 Å². The first-order chi connectivity index (χ1) is 46.1. The number of esters is 4. The molecule has 0 bridgehead atoms. The van der Waals surface area contributed by atoms with Gasteiger partial charge < -0.3 is 33.8 Å². The number of unbranched alkanes of at least 4 members (excludes halogenated alkanes) is 47. The first-order valence-corrected chi connectivity index (χ1v) is 42.7. The Kier molecular flexibility index (Phi) is 67.7. The van der Waals surface area contributed by atoms with Crippen molar-refractivity contribution < 1.29 is 80.2 Å². The number of phosphoric ester groups is 2. The highest BCUT2D eigenvalue weighted by molar-refractivity contribution is 7.47. The minimum absolute atomic E-state index is 0.107. The lowest BCUT2D eigenvalue weighted by Gasteiger charge is -2.21. The van der Waals surface area contributed by atoms with Gasteiger partial charge in [-0.1, -0.05) is 349 Å². The molecule has 0 radical (unpaired) electrons. The van der Waals surface area contributed by atoms with Crippen LogP contribution in [0.3, 0.4) is 0 Å². The molecule has 0 spiro atoms. The molecule has 19 heteroatoms. The van der Waals surface area contributed by atoms with E-state index in [4.69, 9.17) is 37.0 Å². The molecule has 17 nitrogen and oxygen atoms in total. The lowest BCUT2D eigenvalue weighted by molar-refractivity contribution is -0.161. The number of aliphatic hydroxyl groups excluding tert-OH is 1. The van der Waals surface area contributed by atoms with Gasteiger partial charge in [0.1, 0.15) is 19.3 Å². The van der Waals surface area contributed by atoms with Crippen LogP contribution in [0, 0.1) is 5.92 Å². The Morgan fingerprint density at radius 2 is 0.505 bits per heavy atom. The van der Waals surface area contributed by atoms with Crippen molar-refractivity contribution in [1.82, 2.24) is 0 Å². The highest BCUT2D eigenvalue weighted by Crippen LogP contribution is 2.45. The Morgan fingerprint density at radius 3 is 0.747 bits per heavy atom. The summed E-state index contributed by atoms with van der Waals surface area (Å²) in [6.45, 7) is 7.31. The second-order valence-corrected chi connectivity index (χ2v) is 30.5. The second-order valence-electron chi connectivity index (χ2n) is 27.6. The smallest absolute Gasteiger partial charge is 0.462 e. The van der Waals surface area contributed by atoms with Crippen molar-refractivity contribution >= 4 is 39.5 Å². The van der Waals surface area contributed by atoms with E-state index in [-0.39, 0.29) is 25.7 Å². The number of ether oxygens (including phenoxy) is 4. The van der Waals surface area contributed by atoms with Gasteiger partial charge in [-0.15, -0.1) is 0 Å². The zero-order chi connectivity index (χ0) is 69.8. The summed E-state index contributed by atoms with van der Waals surface area (Å²) in [6, 6.07) is 0. The SMILES string of the molecule is CCCCCCCCCCCCCCCCCCCCCC(=O)O[C@H](COC(=O)CCCCCCCCCCCCCCCCC(C)CC)COP(=O)(O)OC[C@@H](O)COP(=O)(O)OC[C@@H](COC(=O)CCCCCCCCCC)OC(=O)CCCCCCCCCCCC. The monoisotopic (exact) mass is 1400 g/mol. The maximum absolute atomic E-state index is 13.1. The van der Waals surface area contributed by atoms with E-state index in [1.54, 1.807) is 0 Å². The third-order valence-electron chi connectivity index (χ3n) is 18.1. The molecule has 95 heavy (non-hydrogen) atoms. The van der Waals surface area contributed by atoms with Crippen LogP contribution < -0.4 is 0 Å². The fourth-order valence-corrected chi connectivity index (χ4v) is 13.3. The van der Waals surface area contributed by atoms with Crippen LogP contribution in [0.4, 0.5) is 0 Å². The second kappa shape index (κ2) is 69.2. The van der Waals surface area contributed by atoms with E-state index in [1.165, 1.54) is 218 Å². The van der Waals surface area contributed by atoms with E-state index in [1.807, 2.05) is 0 Å². The standard InChI is InChI=1S/C76H148O17P2/c1-6-10-13-16-19-22-24-25-26-27-28-29-30-35-38-42-47-52-57-62-76(81)93-72(66-87-74(79)60-55-50-45-41-37-34-32-31-33-36-39-43-48-53-58-69(5)9-4)68-91-95(84,85)89-64-70(77)63-88-94(82,83)90-67-71(65-86-73(78)59-54-49-44-21-18-15-12-8-3)92-75(80)61-56-51-46-40-23-20-17-14-11-7-2/h69-72,77H,6-68H2,1-5H3,(H,82,83)(H,84,85)/t69?,70-,71+,72+/m0/s1. The average molecular weight is 1400 g/mol. The molecule has 3 unspecified atom stereocenters. The van der Waals surface area contributed by atoms with Gasteiger partial charge in [0.15, 0.2) is 12.2 Å². The summed E-state index contributed by atoms with van der Waals surface area (Å²) in [7, 11) is -9.90. The molecule has 0 heterocycles. The normalized spacial score (nSPS) is 14.2. The van der Waals surface area contributed by atoms with Crippen LogP contribution in [0.15, 0.2) is 0 Å². The predicted molar refractivity (Wildman–Crippen MR) is 386 cm³/mol. The third kappa shape index (κ3) is 69.0. The molecular formula is C76H148O17P2. The fraction of sp³-hybridized carbons (Fsp3) is 0.947. The molecule has 0 aliphatic rings. The van der Waals surface area contributed by atoms with Crippen molar-refractivity contribution in [3.8, 4) is 0 Å². The average Bonchev–Trinajstić information content (AvgIpc) is 2.68. The first kappa shape index (κ1) is 93.1. The zero-order valence-electron chi connectivity index (χ0n) is 61.8. The van der Waals surface area contributed by atoms with Crippen molar-refractivity contribution in [3.63, 3.8) is 0 Å². The summed E-state index contributed by atoms with van der Waals surface area (Å²) in [4.78, 5) is 72.7. The Balaban J connectivity index is 5.18. The summed E-state index contributed by atoms with van der Waals surface area (Å²) < 4.78 is 68.4. The van der Waals surface area contributed by atoms with Gasteiger partial charge in [-0.2, -0.15) is 0 Å². The fourth-order valence-electron chi connectivity index (χ4n) is 11.7. The molecule has 0 aromatic heterocycles. The lowest BCUT2D eigenvalue weighted by atomic mass is 9.99. The highest BCUT2D eigenvalue weighted by atomic mass is 31.2. The number of carbonyl (C=O) groups excluding carboxylic acids is 4. The van der Waals surface area contributed by atoms with E-state index in [2.05, 4.69) is 34.6 Å². The molecule has 3 N–H and O–H groups in total. The van der Waals surface area contributed by atoms with E-state index in [0.29, 0.717) is 25.7 Å². The van der Waals surface area contributed by atoms with Crippen molar-refractivity contribution in [1.29, 1.82) is 0 Å². The quantitative estimate of drug-likeness (QED) is 0.0222. The van der Waals surface area contributed by atoms with Crippen LogP contribution in [-0.4, -0.2) is 96.7 Å². The Hall–Kier alpha value is -1.94. The Morgan fingerprint density at radius 1 is 0.295 bits per heavy atom. The van der Waals surface area contributed by atoms with Gasteiger partial charge in [0, 0.05) is 25.7 Å². The van der Waals surface area contributed by atoms with E-state index in [9.17, 15) is 43.2 Å². The molecule has 0 amide bonds. The van der Waals surface area contributed by atoms with Crippen LogP contribution in [0.25, 0.3) is 0 Å². The molecule has 0 saturated carbocycles. The molecule has 0 aliphatic heterocycles. The van der Waals surface area contributed by atoms with Gasteiger partial charge in [-0.25, -0.2) is 9.13 Å². The van der Waals surface area contributed by atoms with Crippen molar-refractivity contribution in [2.45, 2.75) is 419 Å². The summed E-state index contributed by atoms with van der Waals surface area (Å²) >= 11 is 0. The van der Waals surface area contributed by atoms with Crippen LogP contribution in [0.1, 0.15) is 401 Å². The highest BCUT2D eigenvalue weighted by Gasteiger charge is 2.30. The number of hydrogen-bond acceptors (Lipinski definition) is 15. The molecule has 0 aliphatic carbocycles. The minimum atomic E-state index is -4.96. The maximum atomic E-state index is 13.1. The van der Waals surface area contributed by atoms with Crippen molar-refractivity contribution in [2.75, 3.05) is 39.6 Å². The molecular weight excluding hydrogens is 1250 g/mol. The largest absolute Gasteiger partial charge is 0.472 e. The van der Waals surface area contributed by atoms with E-state index in [0.717, 1.165) is 102 Å². The van der Waals surface area contributed by atoms with Gasteiger partial charge >= 0.3 is 39.5 Å². The van der Waals surface area contributed by atoms with Crippen LogP contribution in [0.2, 0.25) is 0 Å². The molecule has 0 saturated heterocycles. The number of rotatable bonds is 76. The van der Waals surface area contributed by atoms with Gasteiger partial charge in [0.05, 0.1) is 26.4 Å². The van der Waals surface area contributed by atoms with Crippen molar-refractivity contribution in [3.05, 3.63) is 0 Å². The van der Waals surface area contributed by atoms with E-state index < -0.39 is 97.5 Å². The summed E-state index contributed by atoms with van der Waals surface area (Å²) in [6.07, 6.45) is 58.3. The molecule has 6 atom stereocenters. The predicted octanol–water partition coefficient (Wildman–Crippen LogP) is 22.5. The summed E-state index contributed by atoms with van der Waals surface area (Å²) in [5.74, 6) is -1.27. The summed E-state index contributed by atoms with van der Waals surface area (Å²) in [5, 5.41) is 10.6. The van der Waals surface area contributed by atoms with Crippen LogP contribution >= 0.6 is 15.6 Å². The lowest BCUT2D eigenvalue weighted by Crippen LogP contribution is -2.30. The first-order valence-electron chi connectivity index (χ1n) is 39.7. The van der Waals surface area contributed by atoms with Gasteiger partial charge in [-0.05, 0) is 31.6 Å². The van der Waals surface area contributed by atoms with Gasteiger partial charge in [-0.3, -0.25) is 37.3 Å². The number of hydrogen-bond donors (Lipinski definition) is 3. The molecule has 0 aromatic rings. The topological polar surface area (TPSA) is 237 Å². The Bertz CT molecular complexity index is 1820. The maximum Gasteiger partial charge on any atom is 0.472 e. The third-order valence-corrected chi connectivity index (χ3v) is 20.0.